The van der Waals surface area contributed by atoms with Crippen molar-refractivity contribution in [2.75, 3.05) is 18.2 Å². The van der Waals surface area contributed by atoms with Gasteiger partial charge in [0.25, 0.3) is 5.91 Å². The first-order chi connectivity index (χ1) is 16.0. The summed E-state index contributed by atoms with van der Waals surface area (Å²) in [5, 5.41) is 0.638. The van der Waals surface area contributed by atoms with Gasteiger partial charge in [0.2, 0.25) is 0 Å². The first-order valence-electron chi connectivity index (χ1n) is 9.21. The van der Waals surface area contributed by atoms with Crippen molar-refractivity contribution >= 4 is 58.4 Å². The van der Waals surface area contributed by atoms with Gasteiger partial charge in [0.05, 0.1) is 27.0 Å². The fourth-order valence-electron chi connectivity index (χ4n) is 3.28. The Balaban J connectivity index is 0.00000456. The molecule has 0 aromatic heterocycles. The Morgan fingerprint density at radius 3 is 1.89 bits per heavy atom. The topological polar surface area (TPSA) is 236 Å². The second kappa shape index (κ2) is 14.2. The molecule has 0 radical (unpaired) electrons. The third-order valence-electron chi connectivity index (χ3n) is 4.80. The van der Waals surface area contributed by atoms with Crippen molar-refractivity contribution in [3.8, 4) is 0 Å². The molecule has 38 heavy (non-hydrogen) atoms. The van der Waals surface area contributed by atoms with Crippen LogP contribution in [0.15, 0.2) is 57.2 Å². The molecule has 3 N–H and O–H groups in total. The van der Waals surface area contributed by atoms with E-state index < -0.39 is 67.4 Å². The van der Waals surface area contributed by atoms with Gasteiger partial charge < -0.3 is 29.4 Å². The predicted molar refractivity (Wildman–Crippen MR) is 117 cm³/mol. The normalized spacial score (nSPS) is 11.6. The molecular formula is C19H15N2Na3O11S3. The summed E-state index contributed by atoms with van der Waals surface area (Å²) < 4.78 is 110. The standard InChI is InChI=1S/C19H18N2O11S3.3Na/c1-32-9-11-3-2-10(6-14(11)20)19(22)21-15-4-5-16(34(26,27)28)13-7-12(33(23,24)25)8-17(18(13)15)35(29,30)31;;;/h2-8H,9,20H2,1H3,(H,21,22)(H,23,24,25)(H,26,27,28)(H,29,30,31);;;/q;3*+1/p-3. The van der Waals surface area contributed by atoms with E-state index in [4.69, 9.17) is 10.5 Å². The quantitative estimate of drug-likeness (QED) is 0.144. The molecule has 0 heterocycles. The van der Waals surface area contributed by atoms with Gasteiger partial charge >= 0.3 is 88.7 Å². The van der Waals surface area contributed by atoms with Gasteiger partial charge in [-0.15, -0.1) is 0 Å². The van der Waals surface area contributed by atoms with E-state index in [0.29, 0.717) is 17.7 Å². The predicted octanol–water partition coefficient (Wildman–Crippen LogP) is -8.46. The number of ether oxygens (including phenoxy) is 1. The zero-order valence-corrected chi connectivity index (χ0v) is 29.0. The second-order valence-electron chi connectivity index (χ2n) is 7.12. The molecule has 0 bridgehead atoms. The first kappa shape index (κ1) is 37.9. The van der Waals surface area contributed by atoms with E-state index in [0.717, 1.165) is 6.07 Å². The fourth-order valence-corrected chi connectivity index (χ4v) is 5.28. The number of carbonyl (C=O) groups excluding carboxylic acids is 1. The minimum absolute atomic E-state index is 0. The summed E-state index contributed by atoms with van der Waals surface area (Å²) in [5.41, 5.74) is 6.13. The molecule has 3 aromatic carbocycles. The van der Waals surface area contributed by atoms with Crippen molar-refractivity contribution in [2.24, 2.45) is 0 Å². The van der Waals surface area contributed by atoms with Crippen molar-refractivity contribution in [3.63, 3.8) is 0 Å². The number of fused-ring (bicyclic) bond motifs is 1. The second-order valence-corrected chi connectivity index (χ2v) is 11.2. The number of nitrogen functional groups attached to an aromatic ring is 1. The van der Waals surface area contributed by atoms with Crippen LogP contribution < -0.4 is 99.7 Å². The van der Waals surface area contributed by atoms with Crippen LogP contribution in [-0.2, 0) is 41.7 Å². The van der Waals surface area contributed by atoms with Crippen molar-refractivity contribution in [1.82, 2.24) is 0 Å². The Hall–Kier alpha value is -0.120. The van der Waals surface area contributed by atoms with E-state index in [1.165, 1.54) is 25.3 Å². The Morgan fingerprint density at radius 2 is 1.42 bits per heavy atom. The third-order valence-corrected chi connectivity index (χ3v) is 7.36. The van der Waals surface area contributed by atoms with E-state index in [-0.39, 0.29) is 113 Å². The molecule has 0 aliphatic heterocycles. The summed E-state index contributed by atoms with van der Waals surface area (Å²) in [6.07, 6.45) is 0. The van der Waals surface area contributed by atoms with Crippen LogP contribution in [0.5, 0.6) is 0 Å². The molecule has 188 valence electrons. The number of hydrogen-bond acceptors (Lipinski definition) is 12. The molecule has 1 amide bonds. The SMILES string of the molecule is COCc1ccc(C(=O)Nc2ccc(S(=O)(=O)[O-])c3cc(S(=O)(=O)[O-])cc(S(=O)(=O)[O-])c23)cc1N.[Na+].[Na+].[Na+]. The van der Waals surface area contributed by atoms with Crippen LogP contribution >= 0.6 is 0 Å². The number of hydrogen-bond donors (Lipinski definition) is 2. The van der Waals surface area contributed by atoms with Crippen LogP contribution in [0, 0.1) is 0 Å². The summed E-state index contributed by atoms with van der Waals surface area (Å²) in [6.45, 7) is 0.152. The van der Waals surface area contributed by atoms with Gasteiger partial charge in [-0.25, -0.2) is 25.3 Å². The Labute approximate surface area is 285 Å². The van der Waals surface area contributed by atoms with E-state index in [1.54, 1.807) is 0 Å². The van der Waals surface area contributed by atoms with Gasteiger partial charge in [-0.05, 0) is 36.4 Å². The Morgan fingerprint density at radius 1 is 0.842 bits per heavy atom. The number of rotatable bonds is 7. The largest absolute Gasteiger partial charge is 1.00 e. The molecule has 0 spiro atoms. The molecule has 0 aliphatic carbocycles. The number of nitrogens with one attached hydrogen (secondary N) is 1. The molecule has 0 saturated carbocycles. The van der Waals surface area contributed by atoms with Crippen LogP contribution in [0.1, 0.15) is 15.9 Å². The van der Waals surface area contributed by atoms with E-state index >= 15 is 0 Å². The van der Waals surface area contributed by atoms with Gasteiger partial charge in [-0.3, -0.25) is 4.79 Å². The average Bonchev–Trinajstić information content (AvgIpc) is 2.72. The maximum absolute atomic E-state index is 12.8. The van der Waals surface area contributed by atoms with Gasteiger partial charge in [0.1, 0.15) is 30.4 Å². The molecule has 0 aliphatic rings. The minimum atomic E-state index is -5.55. The number of methoxy groups -OCH3 is 1. The van der Waals surface area contributed by atoms with Crippen LogP contribution in [0.3, 0.4) is 0 Å². The van der Waals surface area contributed by atoms with Crippen molar-refractivity contribution in [3.05, 3.63) is 53.6 Å². The van der Waals surface area contributed by atoms with Gasteiger partial charge in [-0.1, -0.05) is 6.07 Å². The first-order valence-corrected chi connectivity index (χ1v) is 13.4. The van der Waals surface area contributed by atoms with Crippen molar-refractivity contribution in [2.45, 2.75) is 21.3 Å². The van der Waals surface area contributed by atoms with E-state index in [2.05, 4.69) is 5.32 Å². The van der Waals surface area contributed by atoms with Crippen LogP contribution in [0.4, 0.5) is 11.4 Å². The average molecular weight is 613 g/mol. The molecule has 0 unspecified atom stereocenters. The maximum atomic E-state index is 12.8. The van der Waals surface area contributed by atoms with Gasteiger partial charge in [-0.2, -0.15) is 0 Å². The van der Waals surface area contributed by atoms with Gasteiger partial charge in [0, 0.05) is 34.7 Å². The molecular weight excluding hydrogens is 597 g/mol. The maximum Gasteiger partial charge on any atom is 1.00 e. The number of nitrogens with two attached hydrogens (primary N) is 1. The number of carbonyl (C=O) groups is 1. The number of amides is 1. The Kier molecular flexibility index (Phi) is 14.1. The Bertz CT molecular complexity index is 1700. The molecule has 0 saturated heterocycles. The smallest absolute Gasteiger partial charge is 0.744 e. The molecule has 19 heteroatoms. The molecule has 0 fully saturated rings. The number of benzene rings is 3. The van der Waals surface area contributed by atoms with Crippen LogP contribution in [0.25, 0.3) is 10.8 Å². The fraction of sp³-hybridized carbons (Fsp3) is 0.105. The zero-order valence-electron chi connectivity index (χ0n) is 20.5. The summed E-state index contributed by atoms with van der Waals surface area (Å²) in [5.74, 6) is -0.880. The minimum Gasteiger partial charge on any atom is -0.744 e. The van der Waals surface area contributed by atoms with E-state index in [1.807, 2.05) is 0 Å². The monoisotopic (exact) mass is 612 g/mol. The summed E-state index contributed by atoms with van der Waals surface area (Å²) in [4.78, 5) is 9.08. The zero-order chi connectivity index (χ0) is 26.3. The van der Waals surface area contributed by atoms with Crippen molar-refractivity contribution < 1.29 is 137 Å². The number of anilines is 2. The van der Waals surface area contributed by atoms with Gasteiger partial charge in [0.15, 0.2) is 0 Å². The third kappa shape index (κ3) is 8.69. The molecule has 13 nitrogen and oxygen atoms in total. The van der Waals surface area contributed by atoms with Crippen LogP contribution in [0.2, 0.25) is 0 Å². The molecule has 3 rings (SSSR count). The summed E-state index contributed by atoms with van der Waals surface area (Å²) in [6, 6.07) is 6.28. The van der Waals surface area contributed by atoms with E-state index in [9.17, 15) is 43.7 Å². The summed E-state index contributed by atoms with van der Waals surface area (Å²) in [7, 11) is -14.9. The van der Waals surface area contributed by atoms with Crippen molar-refractivity contribution in [1.29, 1.82) is 0 Å². The molecule has 0 atom stereocenters. The summed E-state index contributed by atoms with van der Waals surface area (Å²) >= 11 is 0. The van der Waals surface area contributed by atoms with Crippen LogP contribution in [-0.4, -0.2) is 51.9 Å². The molecule has 3 aromatic rings.